The van der Waals surface area contributed by atoms with Crippen LogP contribution in [0.1, 0.15) is 5.56 Å². The zero-order valence-corrected chi connectivity index (χ0v) is 11.9. The van der Waals surface area contributed by atoms with Gasteiger partial charge in [0.2, 0.25) is 0 Å². The van der Waals surface area contributed by atoms with Crippen molar-refractivity contribution in [2.75, 3.05) is 20.1 Å². The highest BCUT2D eigenvalue weighted by atomic mass is 127. The van der Waals surface area contributed by atoms with Gasteiger partial charge in [-0.05, 0) is 53.4 Å². The summed E-state index contributed by atoms with van der Waals surface area (Å²) >= 11 is 5.87. The molecule has 0 unspecified atom stereocenters. The fourth-order valence-electron chi connectivity index (χ4n) is 1.25. The van der Waals surface area contributed by atoms with Crippen molar-refractivity contribution < 1.29 is 0 Å². The Morgan fingerprint density at radius 1 is 1.50 bits per heavy atom. The summed E-state index contributed by atoms with van der Waals surface area (Å²) in [5, 5.41) is 0. The molecule has 2 N–H and O–H groups in total. The first-order valence-electron chi connectivity index (χ1n) is 4.46. The van der Waals surface area contributed by atoms with Crippen LogP contribution < -0.4 is 5.73 Å². The van der Waals surface area contributed by atoms with Crippen LogP contribution in [0.5, 0.6) is 0 Å². The van der Waals surface area contributed by atoms with Crippen molar-refractivity contribution in [2.45, 2.75) is 6.54 Å². The minimum Gasteiger partial charge on any atom is -0.329 e. The van der Waals surface area contributed by atoms with Crippen molar-refractivity contribution in [2.24, 2.45) is 5.73 Å². The molecule has 0 amide bonds. The lowest BCUT2D eigenvalue weighted by molar-refractivity contribution is 0.335. The molecule has 4 heteroatoms. The molecule has 0 saturated carbocycles. The molecule has 1 rings (SSSR count). The second-order valence-corrected chi connectivity index (χ2v) is 5.36. The standard InChI is InChI=1S/C10H14BrIN2/c1-14(5-4-13)7-8-6-9(12)2-3-10(8)11/h2-3,6H,4-5,7,13H2,1H3. The number of nitrogens with zero attached hydrogens (tertiary/aromatic N) is 1. The molecule has 0 heterocycles. The molecule has 0 atom stereocenters. The van der Waals surface area contributed by atoms with E-state index in [0.29, 0.717) is 6.54 Å². The van der Waals surface area contributed by atoms with E-state index in [1.54, 1.807) is 0 Å². The molecule has 1 aromatic carbocycles. The molecule has 0 aromatic heterocycles. The van der Waals surface area contributed by atoms with Gasteiger partial charge < -0.3 is 10.6 Å². The molecule has 0 bridgehead atoms. The van der Waals surface area contributed by atoms with Crippen molar-refractivity contribution in [3.63, 3.8) is 0 Å². The van der Waals surface area contributed by atoms with Crippen LogP contribution in [0.25, 0.3) is 0 Å². The van der Waals surface area contributed by atoms with Crippen LogP contribution in [-0.2, 0) is 6.54 Å². The van der Waals surface area contributed by atoms with Gasteiger partial charge in [-0.1, -0.05) is 15.9 Å². The van der Waals surface area contributed by atoms with E-state index >= 15 is 0 Å². The van der Waals surface area contributed by atoms with Gasteiger partial charge in [-0.3, -0.25) is 0 Å². The van der Waals surface area contributed by atoms with Gasteiger partial charge >= 0.3 is 0 Å². The minimum absolute atomic E-state index is 0.706. The average molecular weight is 369 g/mol. The Kier molecular flexibility index (Phi) is 5.36. The normalized spacial score (nSPS) is 10.9. The maximum atomic E-state index is 5.50. The van der Waals surface area contributed by atoms with Gasteiger partial charge in [0.1, 0.15) is 0 Å². The van der Waals surface area contributed by atoms with Gasteiger partial charge in [0.25, 0.3) is 0 Å². The smallest absolute Gasteiger partial charge is 0.0242 e. The lowest BCUT2D eigenvalue weighted by atomic mass is 10.2. The monoisotopic (exact) mass is 368 g/mol. The molecule has 2 nitrogen and oxygen atoms in total. The van der Waals surface area contributed by atoms with E-state index in [1.165, 1.54) is 13.6 Å². The zero-order valence-electron chi connectivity index (χ0n) is 8.13. The number of hydrogen-bond acceptors (Lipinski definition) is 2. The van der Waals surface area contributed by atoms with E-state index in [1.807, 2.05) is 0 Å². The molecule has 0 radical (unpaired) electrons. The van der Waals surface area contributed by atoms with Crippen molar-refractivity contribution >= 4 is 38.5 Å². The van der Waals surface area contributed by atoms with Gasteiger partial charge in [-0.25, -0.2) is 0 Å². The zero-order chi connectivity index (χ0) is 10.6. The second-order valence-electron chi connectivity index (χ2n) is 3.26. The maximum absolute atomic E-state index is 5.50. The molecule has 1 aromatic rings. The van der Waals surface area contributed by atoms with Crippen LogP contribution in [-0.4, -0.2) is 25.0 Å². The Labute approximate surface area is 107 Å². The molecule has 0 aliphatic carbocycles. The van der Waals surface area contributed by atoms with E-state index in [4.69, 9.17) is 5.73 Å². The number of likely N-dealkylation sites (N-methyl/N-ethyl adjacent to an activating group) is 1. The van der Waals surface area contributed by atoms with E-state index in [-0.39, 0.29) is 0 Å². The summed E-state index contributed by atoms with van der Waals surface area (Å²) in [6.45, 7) is 2.57. The number of rotatable bonds is 4. The van der Waals surface area contributed by atoms with Crippen LogP contribution in [0, 0.1) is 3.57 Å². The average Bonchev–Trinajstić information content (AvgIpc) is 2.12. The summed E-state index contributed by atoms with van der Waals surface area (Å²) in [5.41, 5.74) is 6.81. The highest BCUT2D eigenvalue weighted by molar-refractivity contribution is 14.1. The van der Waals surface area contributed by atoms with Crippen molar-refractivity contribution in [1.82, 2.24) is 4.90 Å². The van der Waals surface area contributed by atoms with E-state index in [2.05, 4.69) is 68.7 Å². The van der Waals surface area contributed by atoms with Crippen LogP contribution >= 0.6 is 38.5 Å². The largest absolute Gasteiger partial charge is 0.329 e. The van der Waals surface area contributed by atoms with Crippen LogP contribution in [0.2, 0.25) is 0 Å². The molecule has 78 valence electrons. The Morgan fingerprint density at radius 3 is 2.86 bits per heavy atom. The Hall–Kier alpha value is 0.350. The van der Waals surface area contributed by atoms with Gasteiger partial charge in [0.15, 0.2) is 0 Å². The maximum Gasteiger partial charge on any atom is 0.0242 e. The minimum atomic E-state index is 0.706. The molecule has 14 heavy (non-hydrogen) atoms. The Morgan fingerprint density at radius 2 is 2.21 bits per heavy atom. The summed E-state index contributed by atoms with van der Waals surface area (Å²) in [4.78, 5) is 2.22. The molecular formula is C10H14BrIN2. The Bertz CT molecular complexity index is 304. The molecule has 0 spiro atoms. The van der Waals surface area contributed by atoms with Gasteiger partial charge in [-0.15, -0.1) is 0 Å². The van der Waals surface area contributed by atoms with Crippen LogP contribution in [0.3, 0.4) is 0 Å². The predicted molar refractivity (Wildman–Crippen MR) is 72.2 cm³/mol. The lowest BCUT2D eigenvalue weighted by Crippen LogP contribution is -2.25. The van der Waals surface area contributed by atoms with E-state index < -0.39 is 0 Å². The number of halogens is 2. The number of hydrogen-bond donors (Lipinski definition) is 1. The van der Waals surface area contributed by atoms with E-state index in [0.717, 1.165) is 13.1 Å². The summed E-state index contributed by atoms with van der Waals surface area (Å²) in [7, 11) is 2.08. The highest BCUT2D eigenvalue weighted by Gasteiger charge is 2.03. The topological polar surface area (TPSA) is 29.3 Å². The fraction of sp³-hybridized carbons (Fsp3) is 0.400. The SMILES string of the molecule is CN(CCN)Cc1cc(I)ccc1Br. The first-order valence-corrected chi connectivity index (χ1v) is 6.33. The molecule has 0 fully saturated rings. The lowest BCUT2D eigenvalue weighted by Gasteiger charge is -2.16. The number of benzene rings is 1. The van der Waals surface area contributed by atoms with Gasteiger partial charge in [-0.2, -0.15) is 0 Å². The quantitative estimate of drug-likeness (QED) is 0.827. The Balaban J connectivity index is 2.70. The molecule has 0 saturated heterocycles. The first-order chi connectivity index (χ1) is 6.63. The van der Waals surface area contributed by atoms with E-state index in [9.17, 15) is 0 Å². The summed E-state index contributed by atoms with van der Waals surface area (Å²) in [6.07, 6.45) is 0. The third-order valence-electron chi connectivity index (χ3n) is 1.96. The first kappa shape index (κ1) is 12.4. The van der Waals surface area contributed by atoms with Crippen molar-refractivity contribution in [3.8, 4) is 0 Å². The van der Waals surface area contributed by atoms with Gasteiger partial charge in [0.05, 0.1) is 0 Å². The highest BCUT2D eigenvalue weighted by Crippen LogP contribution is 2.20. The fourth-order valence-corrected chi connectivity index (χ4v) is 2.18. The number of nitrogens with two attached hydrogens (primary N) is 1. The third kappa shape index (κ3) is 3.84. The van der Waals surface area contributed by atoms with Crippen LogP contribution in [0.15, 0.2) is 22.7 Å². The third-order valence-corrected chi connectivity index (χ3v) is 3.40. The second kappa shape index (κ2) is 6.05. The van der Waals surface area contributed by atoms with Crippen LogP contribution in [0.4, 0.5) is 0 Å². The van der Waals surface area contributed by atoms with Crippen molar-refractivity contribution in [1.29, 1.82) is 0 Å². The van der Waals surface area contributed by atoms with Gasteiger partial charge in [0, 0.05) is 27.7 Å². The summed E-state index contributed by atoms with van der Waals surface area (Å²) < 4.78 is 2.43. The summed E-state index contributed by atoms with van der Waals surface area (Å²) in [6, 6.07) is 6.38. The molecule has 0 aliphatic heterocycles. The predicted octanol–water partition coefficient (Wildman–Crippen LogP) is 2.44. The summed E-state index contributed by atoms with van der Waals surface area (Å²) in [5.74, 6) is 0. The molecule has 0 aliphatic rings. The van der Waals surface area contributed by atoms with Crippen molar-refractivity contribution in [3.05, 3.63) is 31.8 Å². The molecular weight excluding hydrogens is 355 g/mol.